The van der Waals surface area contributed by atoms with Crippen molar-refractivity contribution in [3.8, 4) is 11.3 Å². The van der Waals surface area contributed by atoms with E-state index in [2.05, 4.69) is 10.2 Å². The monoisotopic (exact) mass is 417 g/mol. The number of hydrogen-bond acceptors (Lipinski definition) is 4. The summed E-state index contributed by atoms with van der Waals surface area (Å²) in [6, 6.07) is 12.4. The Morgan fingerprint density at radius 2 is 1.79 bits per heavy atom. The Labute approximate surface area is 166 Å². The number of fused-ring (bicyclic) bond motifs is 1. The van der Waals surface area contributed by atoms with E-state index >= 15 is 0 Å². The van der Waals surface area contributed by atoms with Gasteiger partial charge in [0.2, 0.25) is 10.0 Å². The number of nitrogens with zero attached hydrogens (tertiary/aromatic N) is 2. The van der Waals surface area contributed by atoms with Crippen LogP contribution in [0.3, 0.4) is 0 Å². The van der Waals surface area contributed by atoms with Crippen LogP contribution in [0.4, 0.5) is 0 Å². The number of aromatic nitrogens is 2. The fourth-order valence-corrected chi connectivity index (χ4v) is 4.78. The minimum atomic E-state index is -3.75. The molecule has 3 aromatic rings. The van der Waals surface area contributed by atoms with Crippen LogP contribution in [0.2, 0.25) is 5.02 Å². The first-order chi connectivity index (χ1) is 13.4. The topological polar surface area (TPSA) is 103 Å². The number of carboxylic acids is 1. The molecular formula is C19H16ClN3O4S. The quantitative estimate of drug-likeness (QED) is 0.678. The maximum Gasteiger partial charge on any atom is 0.335 e. The van der Waals surface area contributed by atoms with Gasteiger partial charge in [0.15, 0.2) is 0 Å². The van der Waals surface area contributed by atoms with Crippen molar-refractivity contribution >= 4 is 27.6 Å². The van der Waals surface area contributed by atoms with Crippen molar-refractivity contribution in [1.29, 1.82) is 0 Å². The van der Waals surface area contributed by atoms with Crippen molar-refractivity contribution in [2.45, 2.75) is 17.9 Å². The SMILES string of the molecule is O=C(O)c1ccc(S(=O)(=O)N2CCc3[nH]nc(-c4ccc(Cl)cc4)c3C2)cc1. The summed E-state index contributed by atoms with van der Waals surface area (Å²) >= 11 is 5.95. The van der Waals surface area contributed by atoms with Gasteiger partial charge in [0, 0.05) is 41.4 Å². The first-order valence-electron chi connectivity index (χ1n) is 8.52. The summed E-state index contributed by atoms with van der Waals surface area (Å²) in [5.74, 6) is -1.10. The van der Waals surface area contributed by atoms with Crippen molar-refractivity contribution in [3.63, 3.8) is 0 Å². The molecular weight excluding hydrogens is 402 g/mol. The van der Waals surface area contributed by atoms with E-state index in [-0.39, 0.29) is 17.0 Å². The molecule has 28 heavy (non-hydrogen) atoms. The highest BCUT2D eigenvalue weighted by atomic mass is 35.5. The van der Waals surface area contributed by atoms with Gasteiger partial charge in [0.1, 0.15) is 0 Å². The molecule has 0 amide bonds. The summed E-state index contributed by atoms with van der Waals surface area (Å²) < 4.78 is 27.4. The van der Waals surface area contributed by atoms with E-state index in [1.807, 2.05) is 12.1 Å². The van der Waals surface area contributed by atoms with Gasteiger partial charge in [-0.2, -0.15) is 9.40 Å². The number of benzene rings is 2. The van der Waals surface area contributed by atoms with Crippen LogP contribution < -0.4 is 0 Å². The molecule has 1 aliphatic heterocycles. The van der Waals surface area contributed by atoms with Crippen molar-refractivity contribution < 1.29 is 18.3 Å². The van der Waals surface area contributed by atoms with E-state index in [0.717, 1.165) is 16.8 Å². The molecule has 2 aromatic carbocycles. The largest absolute Gasteiger partial charge is 0.478 e. The number of H-pyrrole nitrogens is 1. The van der Waals surface area contributed by atoms with Crippen molar-refractivity contribution in [2.75, 3.05) is 6.54 Å². The van der Waals surface area contributed by atoms with Crippen molar-refractivity contribution in [3.05, 3.63) is 70.4 Å². The Kier molecular flexibility index (Phi) is 4.70. The molecule has 1 aromatic heterocycles. The average molecular weight is 418 g/mol. The van der Waals surface area contributed by atoms with Crippen LogP contribution in [-0.4, -0.2) is 40.5 Å². The normalized spacial score (nSPS) is 14.6. The van der Waals surface area contributed by atoms with Gasteiger partial charge in [-0.25, -0.2) is 13.2 Å². The van der Waals surface area contributed by atoms with Crippen LogP contribution >= 0.6 is 11.6 Å². The average Bonchev–Trinajstić information content (AvgIpc) is 3.12. The predicted octanol–water partition coefficient (Wildman–Crippen LogP) is 3.18. The second kappa shape index (κ2) is 7.05. The van der Waals surface area contributed by atoms with Crippen LogP contribution in [0.5, 0.6) is 0 Å². The molecule has 9 heteroatoms. The first-order valence-corrected chi connectivity index (χ1v) is 10.3. The number of sulfonamides is 1. The zero-order valence-electron chi connectivity index (χ0n) is 14.6. The van der Waals surface area contributed by atoms with Gasteiger partial charge in [-0.1, -0.05) is 23.7 Å². The number of hydrogen-bond donors (Lipinski definition) is 2. The standard InChI is InChI=1S/C19H16ClN3O4S/c20-14-5-1-12(2-6-14)18-16-11-23(10-9-17(16)21-22-18)28(26,27)15-7-3-13(4-8-15)19(24)25/h1-8H,9-11H2,(H,21,22)(H,24,25). The summed E-state index contributed by atoms with van der Waals surface area (Å²) in [5.41, 5.74) is 3.34. The molecule has 7 nitrogen and oxygen atoms in total. The molecule has 4 rings (SSSR count). The second-order valence-corrected chi connectivity index (χ2v) is 8.83. The molecule has 0 atom stereocenters. The van der Waals surface area contributed by atoms with E-state index in [4.69, 9.17) is 16.7 Å². The Bertz CT molecular complexity index is 1140. The highest BCUT2D eigenvalue weighted by molar-refractivity contribution is 7.89. The number of carboxylic acid groups (broad SMARTS) is 1. The Balaban J connectivity index is 1.65. The van der Waals surface area contributed by atoms with Gasteiger partial charge in [-0.05, 0) is 36.4 Å². The third-order valence-electron chi connectivity index (χ3n) is 4.76. The molecule has 2 heterocycles. The molecule has 144 valence electrons. The summed E-state index contributed by atoms with van der Waals surface area (Å²) in [7, 11) is -3.75. The Morgan fingerprint density at radius 1 is 1.11 bits per heavy atom. The van der Waals surface area contributed by atoms with Crippen LogP contribution in [-0.2, 0) is 23.0 Å². The maximum absolute atomic E-state index is 13.0. The van der Waals surface area contributed by atoms with E-state index in [9.17, 15) is 13.2 Å². The Hall–Kier alpha value is -2.68. The fourth-order valence-electron chi connectivity index (χ4n) is 3.24. The minimum Gasteiger partial charge on any atom is -0.478 e. The minimum absolute atomic E-state index is 0.0414. The summed E-state index contributed by atoms with van der Waals surface area (Å²) in [6.07, 6.45) is 0.516. The second-order valence-electron chi connectivity index (χ2n) is 6.45. The molecule has 0 bridgehead atoms. The molecule has 0 aliphatic carbocycles. The zero-order chi connectivity index (χ0) is 19.9. The van der Waals surface area contributed by atoms with Gasteiger partial charge in [0.25, 0.3) is 0 Å². The predicted molar refractivity (Wildman–Crippen MR) is 104 cm³/mol. The fraction of sp³-hybridized carbons (Fsp3) is 0.158. The molecule has 1 aliphatic rings. The lowest BCUT2D eigenvalue weighted by atomic mass is 10.0. The van der Waals surface area contributed by atoms with Crippen molar-refractivity contribution in [1.82, 2.24) is 14.5 Å². The number of nitrogens with one attached hydrogen (secondary N) is 1. The van der Waals surface area contributed by atoms with E-state index in [1.165, 1.54) is 28.6 Å². The highest BCUT2D eigenvalue weighted by Gasteiger charge is 2.31. The van der Waals surface area contributed by atoms with Gasteiger partial charge < -0.3 is 5.11 Å². The molecule has 0 fully saturated rings. The molecule has 0 unspecified atom stereocenters. The lowest BCUT2D eigenvalue weighted by molar-refractivity contribution is 0.0696. The van der Waals surface area contributed by atoms with Crippen LogP contribution in [0.15, 0.2) is 53.4 Å². The highest BCUT2D eigenvalue weighted by Crippen LogP contribution is 2.31. The van der Waals surface area contributed by atoms with Crippen LogP contribution in [0.1, 0.15) is 21.6 Å². The Morgan fingerprint density at radius 3 is 2.43 bits per heavy atom. The van der Waals surface area contributed by atoms with Gasteiger partial charge in [-0.15, -0.1) is 0 Å². The van der Waals surface area contributed by atoms with Gasteiger partial charge in [-0.3, -0.25) is 5.10 Å². The zero-order valence-corrected chi connectivity index (χ0v) is 16.2. The molecule has 0 saturated heterocycles. The van der Waals surface area contributed by atoms with Crippen molar-refractivity contribution in [2.24, 2.45) is 0 Å². The number of halogens is 1. The summed E-state index contributed by atoms with van der Waals surface area (Å²) in [5, 5.41) is 17.0. The number of aromatic amines is 1. The molecule has 0 spiro atoms. The van der Waals surface area contributed by atoms with Crippen LogP contribution in [0.25, 0.3) is 11.3 Å². The summed E-state index contributed by atoms with van der Waals surface area (Å²) in [6.45, 7) is 0.505. The molecule has 0 saturated carbocycles. The third kappa shape index (κ3) is 3.30. The van der Waals surface area contributed by atoms with Gasteiger partial charge >= 0.3 is 5.97 Å². The maximum atomic E-state index is 13.0. The lowest BCUT2D eigenvalue weighted by Gasteiger charge is -2.26. The number of rotatable bonds is 4. The lowest BCUT2D eigenvalue weighted by Crippen LogP contribution is -2.36. The first kappa shape index (κ1) is 18.7. The van der Waals surface area contributed by atoms with E-state index in [0.29, 0.717) is 23.7 Å². The third-order valence-corrected chi connectivity index (χ3v) is 6.87. The molecule has 0 radical (unpaired) electrons. The van der Waals surface area contributed by atoms with E-state index < -0.39 is 16.0 Å². The number of aromatic carboxylic acids is 1. The van der Waals surface area contributed by atoms with Gasteiger partial charge in [0.05, 0.1) is 16.2 Å². The van der Waals surface area contributed by atoms with E-state index in [1.54, 1.807) is 12.1 Å². The number of carbonyl (C=O) groups is 1. The summed E-state index contributed by atoms with van der Waals surface area (Å²) in [4.78, 5) is 11.1. The smallest absolute Gasteiger partial charge is 0.335 e. The molecule has 2 N–H and O–H groups in total. The van der Waals surface area contributed by atoms with Crippen LogP contribution in [0, 0.1) is 0 Å².